The third kappa shape index (κ3) is 4.73. The lowest BCUT2D eigenvalue weighted by Crippen LogP contribution is -2.43. The summed E-state index contributed by atoms with van der Waals surface area (Å²) in [5, 5.41) is 9.58. The minimum Gasteiger partial charge on any atom is -0.480 e. The highest BCUT2D eigenvalue weighted by Gasteiger charge is 2.38. The molecule has 2 aliphatic rings. The second-order valence-electron chi connectivity index (χ2n) is 6.51. The van der Waals surface area contributed by atoms with Gasteiger partial charge in [0.15, 0.2) is 5.12 Å². The van der Waals surface area contributed by atoms with Crippen molar-refractivity contribution in [2.45, 2.75) is 57.9 Å². The highest BCUT2D eigenvalue weighted by atomic mass is 32.2. The molecule has 1 heterocycles. The van der Waals surface area contributed by atoms with Gasteiger partial charge in [-0.15, -0.1) is 0 Å². The molecule has 0 radical (unpaired) electrons. The van der Waals surface area contributed by atoms with Crippen LogP contribution in [0.5, 0.6) is 0 Å². The van der Waals surface area contributed by atoms with Gasteiger partial charge >= 0.3 is 5.97 Å². The van der Waals surface area contributed by atoms with E-state index in [0.717, 1.165) is 12.8 Å². The van der Waals surface area contributed by atoms with Gasteiger partial charge in [0.25, 0.3) is 0 Å². The molecular formula is C16H25NO4S. The van der Waals surface area contributed by atoms with Crippen LogP contribution in [0.3, 0.4) is 0 Å². The lowest BCUT2D eigenvalue weighted by Gasteiger charge is -2.30. The molecule has 0 aromatic rings. The summed E-state index contributed by atoms with van der Waals surface area (Å²) in [6, 6.07) is -0.692. The predicted octanol–water partition coefficient (Wildman–Crippen LogP) is 2.54. The molecule has 2 atom stereocenters. The number of nitrogens with zero attached hydrogens (tertiary/aromatic N) is 1. The van der Waals surface area contributed by atoms with E-state index >= 15 is 0 Å². The summed E-state index contributed by atoms with van der Waals surface area (Å²) in [6.07, 6.45) is 6.68. The molecule has 1 aliphatic carbocycles. The third-order valence-electron chi connectivity index (χ3n) is 4.70. The number of carboxylic acid groups (broad SMARTS) is 1. The number of amides is 1. The Morgan fingerprint density at radius 1 is 1.27 bits per heavy atom. The molecule has 5 nitrogen and oxygen atoms in total. The Hall–Kier alpha value is -1.04. The maximum Gasteiger partial charge on any atom is 0.326 e. The fraction of sp³-hybridized carbons (Fsp3) is 0.812. The number of hydrogen-bond donors (Lipinski definition) is 1. The Morgan fingerprint density at radius 2 is 1.95 bits per heavy atom. The molecular weight excluding hydrogens is 302 g/mol. The van der Waals surface area contributed by atoms with Gasteiger partial charge in [0.05, 0.1) is 0 Å². The van der Waals surface area contributed by atoms with Crippen molar-refractivity contribution in [1.82, 2.24) is 4.90 Å². The lowest BCUT2D eigenvalue weighted by atomic mass is 9.84. The van der Waals surface area contributed by atoms with E-state index in [-0.39, 0.29) is 16.9 Å². The number of carbonyl (C=O) groups excluding carboxylic acids is 2. The standard InChI is InChI=1S/C16H25NO4S/c1-11(18)22-10-13-8-15(19)17(9-13)14(16(20)21)7-12-5-3-2-4-6-12/h12-14H,2-10H2,1H3,(H,20,21)/t13?,14-/m0/s1. The van der Waals surface area contributed by atoms with Gasteiger partial charge in [-0.1, -0.05) is 43.9 Å². The molecule has 124 valence electrons. The number of likely N-dealkylation sites (tertiary alicyclic amines) is 1. The molecule has 1 saturated heterocycles. The minimum atomic E-state index is -0.890. The largest absolute Gasteiger partial charge is 0.480 e. The van der Waals surface area contributed by atoms with Crippen LogP contribution in [0.25, 0.3) is 0 Å². The summed E-state index contributed by atoms with van der Waals surface area (Å²) in [5.41, 5.74) is 0. The average molecular weight is 327 g/mol. The molecule has 1 amide bonds. The van der Waals surface area contributed by atoms with Crippen molar-refractivity contribution in [1.29, 1.82) is 0 Å². The molecule has 0 aromatic carbocycles. The Bertz CT molecular complexity index is 434. The number of hydrogen-bond acceptors (Lipinski definition) is 4. The zero-order chi connectivity index (χ0) is 16.1. The molecule has 1 aliphatic heterocycles. The zero-order valence-electron chi connectivity index (χ0n) is 13.1. The zero-order valence-corrected chi connectivity index (χ0v) is 13.9. The van der Waals surface area contributed by atoms with Gasteiger partial charge in [0, 0.05) is 25.6 Å². The molecule has 1 saturated carbocycles. The molecule has 0 aromatic heterocycles. The number of carboxylic acids is 1. The molecule has 1 N–H and O–H groups in total. The number of carbonyl (C=O) groups is 3. The molecule has 0 spiro atoms. The van der Waals surface area contributed by atoms with Crippen molar-refractivity contribution < 1.29 is 19.5 Å². The highest BCUT2D eigenvalue weighted by molar-refractivity contribution is 8.13. The number of rotatable bonds is 6. The molecule has 6 heteroatoms. The van der Waals surface area contributed by atoms with Gasteiger partial charge in [-0.05, 0) is 18.3 Å². The third-order valence-corrected chi connectivity index (χ3v) is 5.75. The van der Waals surface area contributed by atoms with Crippen molar-refractivity contribution >= 4 is 28.8 Å². The highest BCUT2D eigenvalue weighted by Crippen LogP contribution is 2.31. The summed E-state index contributed by atoms with van der Waals surface area (Å²) >= 11 is 1.22. The van der Waals surface area contributed by atoms with Crippen LogP contribution >= 0.6 is 11.8 Å². The van der Waals surface area contributed by atoms with Crippen LogP contribution in [0.1, 0.15) is 51.9 Å². The quantitative estimate of drug-likeness (QED) is 0.811. The lowest BCUT2D eigenvalue weighted by molar-refractivity contribution is -0.149. The summed E-state index contributed by atoms with van der Waals surface area (Å²) in [5.74, 6) is 0.159. The van der Waals surface area contributed by atoms with Crippen molar-refractivity contribution in [2.75, 3.05) is 12.3 Å². The topological polar surface area (TPSA) is 74.7 Å². The van der Waals surface area contributed by atoms with Gasteiger partial charge in [0.2, 0.25) is 5.91 Å². The fourth-order valence-corrected chi connectivity index (χ4v) is 4.25. The van der Waals surface area contributed by atoms with Crippen LogP contribution in [0.15, 0.2) is 0 Å². The van der Waals surface area contributed by atoms with Gasteiger partial charge in [0.1, 0.15) is 6.04 Å². The van der Waals surface area contributed by atoms with Gasteiger partial charge in [-0.2, -0.15) is 0 Å². The Balaban J connectivity index is 1.94. The monoisotopic (exact) mass is 327 g/mol. The second kappa shape index (κ2) is 7.99. The van der Waals surface area contributed by atoms with E-state index in [1.54, 1.807) is 4.90 Å². The smallest absolute Gasteiger partial charge is 0.326 e. The Labute approximate surface area is 135 Å². The molecule has 2 fully saturated rings. The molecule has 0 bridgehead atoms. The molecule has 2 rings (SSSR count). The fourth-order valence-electron chi connectivity index (χ4n) is 3.56. The first-order valence-corrected chi connectivity index (χ1v) is 9.11. The van der Waals surface area contributed by atoms with E-state index in [1.807, 2.05) is 0 Å². The minimum absolute atomic E-state index is 0.0443. The first-order valence-electron chi connectivity index (χ1n) is 8.13. The summed E-state index contributed by atoms with van der Waals surface area (Å²) < 4.78 is 0. The van der Waals surface area contributed by atoms with E-state index in [9.17, 15) is 19.5 Å². The van der Waals surface area contributed by atoms with Crippen molar-refractivity contribution in [3.63, 3.8) is 0 Å². The van der Waals surface area contributed by atoms with Crippen LogP contribution in [0.4, 0.5) is 0 Å². The Morgan fingerprint density at radius 3 is 2.55 bits per heavy atom. The van der Waals surface area contributed by atoms with Crippen LogP contribution < -0.4 is 0 Å². The number of aliphatic carboxylic acids is 1. The van der Waals surface area contributed by atoms with E-state index in [4.69, 9.17) is 0 Å². The van der Waals surface area contributed by atoms with E-state index in [0.29, 0.717) is 31.1 Å². The first-order chi connectivity index (χ1) is 10.5. The average Bonchev–Trinajstić information content (AvgIpc) is 2.84. The maximum absolute atomic E-state index is 12.2. The molecule has 22 heavy (non-hydrogen) atoms. The number of thioether (sulfide) groups is 1. The summed E-state index contributed by atoms with van der Waals surface area (Å²) in [4.78, 5) is 36.4. The normalized spacial score (nSPS) is 24.5. The van der Waals surface area contributed by atoms with Gasteiger partial charge < -0.3 is 10.0 Å². The summed E-state index contributed by atoms with van der Waals surface area (Å²) in [6.45, 7) is 1.99. The SMILES string of the molecule is CC(=O)SCC1CC(=O)N([C@@H](CC2CCCCC2)C(=O)O)C1. The predicted molar refractivity (Wildman–Crippen MR) is 85.6 cm³/mol. The summed E-state index contributed by atoms with van der Waals surface area (Å²) in [7, 11) is 0. The van der Waals surface area contributed by atoms with Crippen molar-refractivity contribution in [2.24, 2.45) is 11.8 Å². The van der Waals surface area contributed by atoms with E-state index < -0.39 is 12.0 Å². The van der Waals surface area contributed by atoms with E-state index in [1.165, 1.54) is 37.9 Å². The second-order valence-corrected chi connectivity index (χ2v) is 7.71. The van der Waals surface area contributed by atoms with Crippen molar-refractivity contribution in [3.8, 4) is 0 Å². The van der Waals surface area contributed by atoms with E-state index in [2.05, 4.69) is 0 Å². The van der Waals surface area contributed by atoms with Crippen molar-refractivity contribution in [3.05, 3.63) is 0 Å². The molecule has 1 unspecified atom stereocenters. The van der Waals surface area contributed by atoms with Crippen LogP contribution in [-0.2, 0) is 14.4 Å². The maximum atomic E-state index is 12.2. The Kier molecular flexibility index (Phi) is 6.29. The van der Waals surface area contributed by atoms with Crippen LogP contribution in [0.2, 0.25) is 0 Å². The van der Waals surface area contributed by atoms with Gasteiger partial charge in [-0.3, -0.25) is 9.59 Å². The first kappa shape index (κ1) is 17.3. The van der Waals surface area contributed by atoms with Gasteiger partial charge in [-0.25, -0.2) is 4.79 Å². The van der Waals surface area contributed by atoms with Crippen LogP contribution in [-0.4, -0.2) is 45.3 Å². The van der Waals surface area contributed by atoms with Crippen LogP contribution in [0, 0.1) is 11.8 Å².